The van der Waals surface area contributed by atoms with Crippen molar-refractivity contribution < 1.29 is 19.4 Å². The van der Waals surface area contributed by atoms with Crippen molar-refractivity contribution >= 4 is 17.7 Å². The summed E-state index contributed by atoms with van der Waals surface area (Å²) in [5, 5.41) is 7.00. The van der Waals surface area contributed by atoms with Crippen molar-refractivity contribution in [1.29, 1.82) is 0 Å². The average Bonchev–Trinajstić information content (AvgIpc) is 3.28. The number of aryl methyl sites for hydroxylation is 1. The Morgan fingerprint density at radius 2 is 1.85 bits per heavy atom. The number of carbonyl (C=O) groups is 1. The van der Waals surface area contributed by atoms with Gasteiger partial charge in [0.25, 0.3) is 0 Å². The standard InChI is InChI=1S/C14H26O2S.C14H20O.CH4O/c1-12-6-5-7-13(12)9-11-17-10-4-3-8-14(15)16-2;1-3-4-5-7-13-8-6-9-14(12-13)10-11-15-2;1-2/h12-13H,3-11H2,1-2H3;3-4,6,8-9,12H,5,7,10-11H2,1-2H3;2H,1H3/b;4-3+;/t12?,13-;;/m1../s1. The topological polar surface area (TPSA) is 55.8 Å². The Morgan fingerprint density at radius 1 is 1.12 bits per heavy atom. The summed E-state index contributed by atoms with van der Waals surface area (Å²) in [7, 11) is 4.20. The molecule has 0 saturated heterocycles. The number of allylic oxidation sites excluding steroid dienone is 2. The lowest BCUT2D eigenvalue weighted by atomic mass is 9.96. The maximum Gasteiger partial charge on any atom is 0.305 e. The van der Waals surface area contributed by atoms with E-state index >= 15 is 0 Å². The highest BCUT2D eigenvalue weighted by atomic mass is 32.2. The van der Waals surface area contributed by atoms with Gasteiger partial charge in [-0.25, -0.2) is 0 Å². The van der Waals surface area contributed by atoms with Gasteiger partial charge in [-0.1, -0.05) is 62.6 Å². The van der Waals surface area contributed by atoms with Crippen molar-refractivity contribution in [1.82, 2.24) is 0 Å². The number of aliphatic hydroxyl groups is 1. The summed E-state index contributed by atoms with van der Waals surface area (Å²) in [5.41, 5.74) is 2.79. The number of hydrogen-bond acceptors (Lipinski definition) is 5. The largest absolute Gasteiger partial charge is 0.469 e. The molecule has 1 unspecified atom stereocenters. The van der Waals surface area contributed by atoms with Crippen molar-refractivity contribution in [2.24, 2.45) is 11.8 Å². The normalized spacial score (nSPS) is 17.0. The van der Waals surface area contributed by atoms with Gasteiger partial charge in [0, 0.05) is 20.6 Å². The van der Waals surface area contributed by atoms with Crippen LogP contribution in [0.2, 0.25) is 0 Å². The summed E-state index contributed by atoms with van der Waals surface area (Å²) >= 11 is 2.05. The minimum atomic E-state index is -0.0743. The fourth-order valence-electron chi connectivity index (χ4n) is 4.14. The summed E-state index contributed by atoms with van der Waals surface area (Å²) < 4.78 is 9.68. The van der Waals surface area contributed by atoms with Gasteiger partial charge in [-0.2, -0.15) is 11.8 Å². The van der Waals surface area contributed by atoms with E-state index in [9.17, 15) is 4.79 Å². The van der Waals surface area contributed by atoms with Gasteiger partial charge >= 0.3 is 5.97 Å². The van der Waals surface area contributed by atoms with Crippen LogP contribution in [0, 0.1) is 11.8 Å². The third-order valence-corrected chi connectivity index (χ3v) is 7.34. The molecule has 2 atom stereocenters. The Kier molecular flexibility index (Phi) is 22.5. The van der Waals surface area contributed by atoms with E-state index in [1.54, 1.807) is 7.11 Å². The zero-order valence-corrected chi connectivity index (χ0v) is 23.2. The minimum Gasteiger partial charge on any atom is -0.469 e. The zero-order valence-electron chi connectivity index (χ0n) is 22.4. The van der Waals surface area contributed by atoms with Crippen molar-refractivity contribution in [3.63, 3.8) is 0 Å². The Bertz CT molecular complexity index is 632. The van der Waals surface area contributed by atoms with Crippen LogP contribution in [-0.4, -0.2) is 50.5 Å². The van der Waals surface area contributed by atoms with E-state index in [1.165, 1.54) is 55.4 Å². The van der Waals surface area contributed by atoms with Crippen molar-refractivity contribution in [2.45, 2.75) is 78.1 Å². The van der Waals surface area contributed by atoms with E-state index in [-0.39, 0.29) is 5.97 Å². The van der Waals surface area contributed by atoms with Crippen molar-refractivity contribution in [3.05, 3.63) is 47.5 Å². The van der Waals surface area contributed by atoms with Crippen molar-refractivity contribution in [2.75, 3.05) is 39.4 Å². The molecule has 0 aromatic heterocycles. The van der Waals surface area contributed by atoms with Gasteiger partial charge in [0.05, 0.1) is 13.7 Å². The van der Waals surface area contributed by atoms with Gasteiger partial charge in [-0.15, -0.1) is 0 Å². The van der Waals surface area contributed by atoms with E-state index in [0.29, 0.717) is 6.42 Å². The molecule has 1 aromatic rings. The molecular formula is C29H50O4S. The Labute approximate surface area is 213 Å². The molecule has 5 heteroatoms. The second-order valence-corrected chi connectivity index (χ2v) is 10.00. The van der Waals surface area contributed by atoms with Crippen molar-refractivity contribution in [3.8, 4) is 0 Å². The lowest BCUT2D eigenvalue weighted by Gasteiger charge is -2.14. The van der Waals surface area contributed by atoms with Gasteiger partial charge in [0.2, 0.25) is 0 Å². The highest BCUT2D eigenvalue weighted by Crippen LogP contribution is 2.34. The number of thioether (sulfide) groups is 1. The van der Waals surface area contributed by atoms with Crippen LogP contribution in [0.4, 0.5) is 0 Å². The highest BCUT2D eigenvalue weighted by Gasteiger charge is 2.22. The molecule has 196 valence electrons. The molecular weight excluding hydrogens is 444 g/mol. The molecule has 0 amide bonds. The number of carbonyl (C=O) groups excluding carboxylic acids is 1. The Morgan fingerprint density at radius 3 is 2.47 bits per heavy atom. The zero-order chi connectivity index (χ0) is 25.4. The number of esters is 1. The summed E-state index contributed by atoms with van der Waals surface area (Å²) in [6.45, 7) is 5.27. The van der Waals surface area contributed by atoms with Crippen LogP contribution < -0.4 is 0 Å². The van der Waals surface area contributed by atoms with Crippen LogP contribution in [0.1, 0.15) is 76.3 Å². The number of methoxy groups -OCH3 is 2. The van der Waals surface area contributed by atoms with Gasteiger partial charge < -0.3 is 14.6 Å². The molecule has 1 aliphatic carbocycles. The summed E-state index contributed by atoms with van der Waals surface area (Å²) in [6.07, 6.45) is 16.0. The van der Waals surface area contributed by atoms with Gasteiger partial charge in [-0.3, -0.25) is 4.79 Å². The number of ether oxygens (including phenoxy) is 2. The molecule has 0 bridgehead atoms. The maximum absolute atomic E-state index is 10.9. The first-order valence-electron chi connectivity index (χ1n) is 12.9. The Hall–Kier alpha value is -1.30. The highest BCUT2D eigenvalue weighted by molar-refractivity contribution is 7.99. The first-order chi connectivity index (χ1) is 16.6. The molecule has 1 aliphatic rings. The van der Waals surface area contributed by atoms with Crippen LogP contribution >= 0.6 is 11.8 Å². The second-order valence-electron chi connectivity index (χ2n) is 8.77. The summed E-state index contributed by atoms with van der Waals surface area (Å²) in [6, 6.07) is 8.77. The molecule has 34 heavy (non-hydrogen) atoms. The van der Waals surface area contributed by atoms with Crippen LogP contribution in [0.25, 0.3) is 0 Å². The number of hydrogen-bond donors (Lipinski definition) is 1. The fourth-order valence-corrected chi connectivity index (χ4v) is 5.22. The SMILES string of the molecule is C/C=C/CCc1cccc(CCOC)c1.CO.COC(=O)CCCCSCC[C@H]1CCCC1C. The third-order valence-electron chi connectivity index (χ3n) is 6.24. The summed E-state index contributed by atoms with van der Waals surface area (Å²) in [4.78, 5) is 10.9. The summed E-state index contributed by atoms with van der Waals surface area (Å²) in [5.74, 6) is 4.35. The number of rotatable bonds is 14. The minimum absolute atomic E-state index is 0.0743. The predicted octanol–water partition coefficient (Wildman–Crippen LogP) is 6.88. The van der Waals surface area contributed by atoms with Gasteiger partial charge in [0.15, 0.2) is 0 Å². The van der Waals surface area contributed by atoms with Crippen LogP contribution in [0.5, 0.6) is 0 Å². The smallest absolute Gasteiger partial charge is 0.305 e. The monoisotopic (exact) mass is 494 g/mol. The third kappa shape index (κ3) is 17.2. The van der Waals surface area contributed by atoms with E-state index in [0.717, 1.165) is 57.7 Å². The molecule has 0 heterocycles. The molecule has 1 N–H and O–H groups in total. The van der Waals surface area contributed by atoms with Crippen LogP contribution in [-0.2, 0) is 27.1 Å². The van der Waals surface area contributed by atoms with Gasteiger partial charge in [-0.05, 0) is 79.9 Å². The maximum atomic E-state index is 10.9. The molecule has 0 radical (unpaired) electrons. The predicted molar refractivity (Wildman–Crippen MR) is 148 cm³/mol. The molecule has 1 fully saturated rings. The first-order valence-corrected chi connectivity index (χ1v) is 14.0. The van der Waals surface area contributed by atoms with E-state index in [4.69, 9.17) is 9.84 Å². The fraction of sp³-hybridized carbons (Fsp3) is 0.690. The molecule has 4 nitrogen and oxygen atoms in total. The molecule has 1 aromatic carbocycles. The second kappa shape index (κ2) is 23.4. The Balaban J connectivity index is 0.000000601. The van der Waals surface area contributed by atoms with Crippen LogP contribution in [0.3, 0.4) is 0 Å². The molecule has 1 saturated carbocycles. The van der Waals surface area contributed by atoms with Gasteiger partial charge in [0.1, 0.15) is 0 Å². The van der Waals surface area contributed by atoms with Crippen LogP contribution in [0.15, 0.2) is 36.4 Å². The number of benzene rings is 1. The number of aliphatic hydroxyl groups excluding tert-OH is 1. The quantitative estimate of drug-likeness (QED) is 0.173. The lowest BCUT2D eigenvalue weighted by Crippen LogP contribution is -2.05. The molecule has 0 aliphatic heterocycles. The van der Waals surface area contributed by atoms with E-state index < -0.39 is 0 Å². The van der Waals surface area contributed by atoms with E-state index in [2.05, 4.69) is 55.0 Å². The van der Waals surface area contributed by atoms with E-state index in [1.807, 2.05) is 11.8 Å². The first kappa shape index (κ1) is 32.7. The molecule has 2 rings (SSSR count). The lowest BCUT2D eigenvalue weighted by molar-refractivity contribution is -0.140. The number of unbranched alkanes of at least 4 members (excludes halogenated alkanes) is 1. The average molecular weight is 495 g/mol. The molecule has 0 spiro atoms.